The lowest BCUT2D eigenvalue weighted by molar-refractivity contribution is -0.384. The summed E-state index contributed by atoms with van der Waals surface area (Å²) in [7, 11) is 0. The van der Waals surface area contributed by atoms with Gasteiger partial charge in [-0.3, -0.25) is 29.4 Å². The molecular formula is C27H23N3O7S2. The average Bonchev–Trinajstić information content (AvgIpc) is 3.64. The van der Waals surface area contributed by atoms with Gasteiger partial charge in [0.05, 0.1) is 34.1 Å². The molecule has 2 N–H and O–H groups in total. The van der Waals surface area contributed by atoms with Gasteiger partial charge in [-0.15, -0.1) is 11.8 Å². The molecule has 4 aliphatic rings. The molecule has 3 aromatic rings. The zero-order chi connectivity index (χ0) is 27.2. The third-order valence-electron chi connectivity index (χ3n) is 8.69. The van der Waals surface area contributed by atoms with Crippen LogP contribution in [0, 0.1) is 39.7 Å². The van der Waals surface area contributed by atoms with Crippen molar-refractivity contribution < 1.29 is 24.4 Å². The Hall–Kier alpha value is -3.64. The van der Waals surface area contributed by atoms with Gasteiger partial charge in [0.25, 0.3) is 5.69 Å². The van der Waals surface area contributed by atoms with E-state index in [9.17, 15) is 29.6 Å². The molecule has 2 aliphatic heterocycles. The molecule has 1 saturated heterocycles. The van der Waals surface area contributed by atoms with Gasteiger partial charge in [0.15, 0.2) is 11.5 Å². The third kappa shape index (κ3) is 3.43. The first kappa shape index (κ1) is 24.4. The van der Waals surface area contributed by atoms with E-state index in [-0.39, 0.29) is 57.0 Å². The molecular weight excluding hydrogens is 542 g/mol. The van der Waals surface area contributed by atoms with Gasteiger partial charge in [0.1, 0.15) is 0 Å². The van der Waals surface area contributed by atoms with E-state index in [1.807, 2.05) is 19.1 Å². The highest BCUT2D eigenvalue weighted by Crippen LogP contribution is 2.68. The lowest BCUT2D eigenvalue weighted by Gasteiger charge is -2.43. The molecule has 2 aliphatic carbocycles. The van der Waals surface area contributed by atoms with Crippen molar-refractivity contribution in [2.24, 2.45) is 29.6 Å². The van der Waals surface area contributed by atoms with E-state index in [0.717, 1.165) is 21.9 Å². The molecule has 39 heavy (non-hydrogen) atoms. The van der Waals surface area contributed by atoms with E-state index < -0.39 is 16.8 Å². The second-order valence-electron chi connectivity index (χ2n) is 10.4. The largest absolute Gasteiger partial charge is 0.504 e. The Morgan fingerprint density at radius 3 is 2.51 bits per heavy atom. The molecule has 0 radical (unpaired) electrons. The number of thiazole rings is 1. The monoisotopic (exact) mass is 565 g/mol. The first-order valence-electron chi connectivity index (χ1n) is 12.8. The number of carbonyl (C=O) groups excluding carboxylic acids is 2. The number of anilines is 1. The number of thioether (sulfide) groups is 1. The molecule has 12 heteroatoms. The van der Waals surface area contributed by atoms with Crippen molar-refractivity contribution >= 4 is 46.3 Å². The van der Waals surface area contributed by atoms with E-state index in [1.165, 1.54) is 40.5 Å². The average molecular weight is 566 g/mol. The topological polar surface area (TPSA) is 143 Å². The summed E-state index contributed by atoms with van der Waals surface area (Å²) in [6.45, 7) is 2.22. The number of hydrogen-bond acceptors (Lipinski definition) is 9. The normalized spacial score (nSPS) is 30.3. The predicted molar refractivity (Wildman–Crippen MR) is 143 cm³/mol. The summed E-state index contributed by atoms with van der Waals surface area (Å²) < 4.78 is 5.65. The molecule has 2 saturated carbocycles. The molecule has 2 aromatic carbocycles. The number of phenols is 1. The van der Waals surface area contributed by atoms with Crippen LogP contribution in [0.15, 0.2) is 52.3 Å². The van der Waals surface area contributed by atoms with Crippen molar-refractivity contribution in [3.05, 3.63) is 72.7 Å². The molecule has 7 atom stereocenters. The summed E-state index contributed by atoms with van der Waals surface area (Å²) in [6, 6.07) is 10.8. The predicted octanol–water partition coefficient (Wildman–Crippen LogP) is 4.13. The Bertz CT molecular complexity index is 1600. The van der Waals surface area contributed by atoms with Gasteiger partial charge in [-0.05, 0) is 60.9 Å². The number of nitrogens with one attached hydrogen (secondary N) is 1. The third-order valence-corrected chi connectivity index (χ3v) is 11.3. The van der Waals surface area contributed by atoms with Gasteiger partial charge in [-0.25, -0.2) is 0 Å². The number of hydrogen-bond donors (Lipinski definition) is 2. The molecule has 2 bridgehead atoms. The fraction of sp³-hybridized carbons (Fsp3) is 0.370. The number of nitro groups is 1. The number of rotatable bonds is 5. The number of aromatic hydroxyl groups is 1. The van der Waals surface area contributed by atoms with E-state index >= 15 is 0 Å². The quantitative estimate of drug-likeness (QED) is 0.267. The summed E-state index contributed by atoms with van der Waals surface area (Å²) in [5, 5.41) is 22.2. The van der Waals surface area contributed by atoms with Crippen LogP contribution in [0.2, 0.25) is 0 Å². The lowest BCUT2D eigenvalue weighted by atomic mass is 9.68. The van der Waals surface area contributed by atoms with Gasteiger partial charge < -0.3 is 14.8 Å². The molecule has 5 unspecified atom stereocenters. The minimum atomic E-state index is -0.516. The Balaban J connectivity index is 1.29. The van der Waals surface area contributed by atoms with Crippen LogP contribution >= 0.6 is 23.1 Å². The van der Waals surface area contributed by atoms with Crippen LogP contribution in [0.25, 0.3) is 0 Å². The minimum Gasteiger partial charge on any atom is -0.504 e. The Morgan fingerprint density at radius 2 is 1.82 bits per heavy atom. The number of nitrogens with zero attached hydrogens (tertiary/aromatic N) is 2. The first-order chi connectivity index (χ1) is 18.8. The van der Waals surface area contributed by atoms with Crippen LogP contribution in [0.1, 0.15) is 29.7 Å². The van der Waals surface area contributed by atoms with Gasteiger partial charge >= 0.3 is 4.87 Å². The summed E-state index contributed by atoms with van der Waals surface area (Å²) in [5.41, 5.74) is 1.14. The van der Waals surface area contributed by atoms with Crippen molar-refractivity contribution in [2.75, 3.05) is 11.5 Å². The lowest BCUT2D eigenvalue weighted by Crippen LogP contribution is -2.42. The number of ether oxygens (including phenoxy) is 1. The van der Waals surface area contributed by atoms with Crippen LogP contribution in [0.4, 0.5) is 11.4 Å². The number of nitro benzene ring substituents is 1. The summed E-state index contributed by atoms with van der Waals surface area (Å²) in [4.78, 5) is 55.5. The van der Waals surface area contributed by atoms with Crippen molar-refractivity contribution in [3.63, 3.8) is 0 Å². The summed E-state index contributed by atoms with van der Waals surface area (Å²) in [5.74, 6) is -1.36. The van der Waals surface area contributed by atoms with E-state index in [0.29, 0.717) is 18.0 Å². The highest BCUT2D eigenvalue weighted by Gasteiger charge is 2.69. The number of aromatic nitrogens is 1. The highest BCUT2D eigenvalue weighted by molar-refractivity contribution is 8.00. The van der Waals surface area contributed by atoms with Crippen LogP contribution < -0.4 is 14.5 Å². The standard InChI is InChI=1S/C27H23N3O7S2/c1-2-37-17-9-11(3-8-16(17)31)18-19-14-10-15(22(19)38-24-23(18)39-27(34)28-24)21-20(14)25(32)29(26(21)33)12-4-6-13(7-5-12)30(35)36/h3-9,14-15,18-22,31H,2,10H2,1H3,(H,28,34)/t14-,15-,18?,19?,20?,21?,22?/m1/s1. The fourth-order valence-corrected chi connectivity index (χ4v) is 10.3. The second-order valence-corrected chi connectivity index (χ2v) is 12.6. The van der Waals surface area contributed by atoms with E-state index in [2.05, 4.69) is 4.98 Å². The number of non-ortho nitro benzene ring substituents is 1. The number of phenolic OH excluding ortho intramolecular Hbond substituents is 1. The number of benzene rings is 2. The number of aromatic amines is 1. The van der Waals surface area contributed by atoms with Gasteiger partial charge in [-0.1, -0.05) is 17.4 Å². The Kier molecular flexibility index (Phi) is 5.43. The van der Waals surface area contributed by atoms with Crippen molar-refractivity contribution in [2.45, 2.75) is 29.5 Å². The zero-order valence-corrected chi connectivity index (χ0v) is 22.2. The molecule has 0 spiro atoms. The maximum atomic E-state index is 13.8. The summed E-state index contributed by atoms with van der Waals surface area (Å²) in [6.07, 6.45) is 0.745. The van der Waals surface area contributed by atoms with Crippen molar-refractivity contribution in [1.82, 2.24) is 4.98 Å². The van der Waals surface area contributed by atoms with Gasteiger partial charge in [0.2, 0.25) is 11.8 Å². The highest BCUT2D eigenvalue weighted by atomic mass is 32.2. The van der Waals surface area contributed by atoms with Crippen LogP contribution in [-0.4, -0.2) is 38.7 Å². The molecule has 2 amide bonds. The summed E-state index contributed by atoms with van der Waals surface area (Å²) >= 11 is 2.77. The van der Waals surface area contributed by atoms with Crippen LogP contribution in [0.3, 0.4) is 0 Å². The van der Waals surface area contributed by atoms with Gasteiger partial charge in [-0.2, -0.15) is 0 Å². The maximum absolute atomic E-state index is 13.8. The van der Waals surface area contributed by atoms with Crippen molar-refractivity contribution in [3.8, 4) is 11.5 Å². The number of imide groups is 1. The Labute approximate surface area is 230 Å². The second kappa shape index (κ2) is 8.68. The molecule has 7 rings (SSSR count). The van der Waals surface area contributed by atoms with E-state index in [4.69, 9.17) is 4.74 Å². The first-order valence-corrected chi connectivity index (χ1v) is 14.5. The number of H-pyrrole nitrogens is 1. The van der Waals surface area contributed by atoms with Crippen LogP contribution in [0.5, 0.6) is 11.5 Å². The van der Waals surface area contributed by atoms with Crippen molar-refractivity contribution in [1.29, 1.82) is 0 Å². The SMILES string of the molecule is CCOc1cc(C2c3sc(=O)[nH]c3SC3C2[C@H]2C[C@@H]3C3C(=O)N(c4ccc([N+](=O)[O-])cc4)C(=O)C32)ccc1O. The minimum absolute atomic E-state index is 0.00720. The molecule has 1 aromatic heterocycles. The smallest absolute Gasteiger partial charge is 0.305 e. The molecule has 10 nitrogen and oxygen atoms in total. The van der Waals surface area contributed by atoms with Crippen LogP contribution in [-0.2, 0) is 9.59 Å². The molecule has 3 heterocycles. The zero-order valence-electron chi connectivity index (χ0n) is 20.6. The number of fused-ring (bicyclic) bond motifs is 9. The maximum Gasteiger partial charge on any atom is 0.305 e. The molecule has 200 valence electrons. The van der Waals surface area contributed by atoms with E-state index in [1.54, 1.807) is 17.8 Å². The fourth-order valence-electron chi connectivity index (χ4n) is 7.36. The van der Waals surface area contributed by atoms with Gasteiger partial charge in [0, 0.05) is 28.2 Å². The molecule has 3 fully saturated rings. The number of amides is 2. The number of carbonyl (C=O) groups is 2. The Morgan fingerprint density at radius 1 is 1.10 bits per heavy atom.